The predicted molar refractivity (Wildman–Crippen MR) is 144 cm³/mol. The second kappa shape index (κ2) is 10.3. The first-order chi connectivity index (χ1) is 17.5. The first kappa shape index (κ1) is 24.4. The number of methoxy groups -OCH3 is 1. The summed E-state index contributed by atoms with van der Waals surface area (Å²) in [5.74, 6) is 2.05. The third kappa shape index (κ3) is 4.72. The molecule has 1 fully saturated rings. The Kier molecular flexibility index (Phi) is 7.00. The molecular formula is C27H31N5O3S. The number of aliphatic imine (C=N–C) groups is 2. The number of amidine groups is 2. The number of carbonyl (C=O) groups excluding carboxylic acids is 2. The van der Waals surface area contributed by atoms with Crippen molar-refractivity contribution >= 4 is 46.0 Å². The molecular weight excluding hydrogens is 474 g/mol. The van der Waals surface area contributed by atoms with Crippen LogP contribution < -0.4 is 9.64 Å². The second-order valence-electron chi connectivity index (χ2n) is 9.51. The van der Waals surface area contributed by atoms with Gasteiger partial charge in [0.15, 0.2) is 5.17 Å². The van der Waals surface area contributed by atoms with E-state index in [9.17, 15) is 9.59 Å². The number of nitrogens with zero attached hydrogens (tertiary/aromatic N) is 5. The maximum atomic E-state index is 13.3. The zero-order valence-corrected chi connectivity index (χ0v) is 21.7. The summed E-state index contributed by atoms with van der Waals surface area (Å²) in [4.78, 5) is 41.7. The van der Waals surface area contributed by atoms with Gasteiger partial charge >= 0.3 is 0 Å². The Morgan fingerprint density at radius 2 is 1.81 bits per heavy atom. The summed E-state index contributed by atoms with van der Waals surface area (Å²) >= 11 is 1.32. The quantitative estimate of drug-likeness (QED) is 0.597. The van der Waals surface area contributed by atoms with Crippen molar-refractivity contribution in [2.75, 3.05) is 43.9 Å². The molecule has 2 aromatic carbocycles. The van der Waals surface area contributed by atoms with Crippen LogP contribution in [0, 0.1) is 5.92 Å². The molecule has 8 nitrogen and oxygen atoms in total. The molecule has 0 radical (unpaired) electrons. The molecule has 0 saturated carbocycles. The van der Waals surface area contributed by atoms with Crippen molar-refractivity contribution in [1.29, 1.82) is 0 Å². The van der Waals surface area contributed by atoms with Crippen molar-refractivity contribution in [3.63, 3.8) is 0 Å². The molecule has 3 heterocycles. The number of carbonyl (C=O) groups is 2. The summed E-state index contributed by atoms with van der Waals surface area (Å²) in [7, 11) is 1.68. The van der Waals surface area contributed by atoms with Crippen molar-refractivity contribution in [2.24, 2.45) is 15.9 Å². The molecule has 0 spiro atoms. The molecule has 0 aromatic heterocycles. The van der Waals surface area contributed by atoms with Gasteiger partial charge < -0.3 is 14.5 Å². The molecule has 2 amide bonds. The highest BCUT2D eigenvalue weighted by molar-refractivity contribution is 8.14. The van der Waals surface area contributed by atoms with Gasteiger partial charge in [0.25, 0.3) is 5.91 Å². The SMILES string of the molecule is COc1ccccc1N1CCN(C(=O)CSC2=Nc3ccccc3C3=NC(CC(C)C)C(=O)N23)CC1. The zero-order chi connectivity index (χ0) is 25.2. The number of fused-ring (bicyclic) bond motifs is 3. The number of amides is 2. The molecule has 3 aliphatic heterocycles. The number of rotatable bonds is 6. The van der Waals surface area contributed by atoms with Crippen LogP contribution in [-0.4, -0.2) is 77.7 Å². The minimum Gasteiger partial charge on any atom is -0.495 e. The number of benzene rings is 2. The Bertz CT molecular complexity index is 1220. The molecule has 188 valence electrons. The molecule has 0 aliphatic carbocycles. The fourth-order valence-corrected chi connectivity index (χ4v) is 5.71. The summed E-state index contributed by atoms with van der Waals surface area (Å²) < 4.78 is 5.49. The molecule has 1 atom stereocenters. The van der Waals surface area contributed by atoms with E-state index in [0.717, 1.165) is 35.8 Å². The summed E-state index contributed by atoms with van der Waals surface area (Å²) in [6.45, 7) is 6.94. The van der Waals surface area contributed by atoms with Crippen LogP contribution in [-0.2, 0) is 9.59 Å². The normalized spacial score (nSPS) is 19.2. The van der Waals surface area contributed by atoms with Crippen molar-refractivity contribution in [3.8, 4) is 5.75 Å². The average Bonchev–Trinajstić information content (AvgIpc) is 3.22. The van der Waals surface area contributed by atoms with Gasteiger partial charge in [0, 0.05) is 31.7 Å². The largest absolute Gasteiger partial charge is 0.495 e. The number of hydrogen-bond acceptors (Lipinski definition) is 7. The standard InChI is InChI=1S/C27H31N5O3S/c1-18(2)16-21-26(34)32-25(28-21)19-8-4-5-9-20(19)29-27(32)36-17-24(33)31-14-12-30(13-15-31)22-10-6-7-11-23(22)35-3/h4-11,18,21H,12-17H2,1-3H3. The maximum Gasteiger partial charge on any atom is 0.259 e. The van der Waals surface area contributed by atoms with Gasteiger partial charge in [0.1, 0.15) is 17.6 Å². The number of thioether (sulfide) groups is 1. The first-order valence-electron chi connectivity index (χ1n) is 12.3. The fraction of sp³-hybridized carbons (Fsp3) is 0.407. The summed E-state index contributed by atoms with van der Waals surface area (Å²) in [6.07, 6.45) is 0.689. The Labute approximate surface area is 216 Å². The third-order valence-electron chi connectivity index (χ3n) is 6.63. The van der Waals surface area contributed by atoms with Gasteiger partial charge in [-0.15, -0.1) is 0 Å². The van der Waals surface area contributed by atoms with E-state index >= 15 is 0 Å². The van der Waals surface area contributed by atoms with Crippen molar-refractivity contribution in [3.05, 3.63) is 54.1 Å². The first-order valence-corrected chi connectivity index (χ1v) is 13.3. The lowest BCUT2D eigenvalue weighted by Crippen LogP contribution is -2.49. The Morgan fingerprint density at radius 1 is 1.08 bits per heavy atom. The van der Waals surface area contributed by atoms with Gasteiger partial charge in [0.2, 0.25) is 5.91 Å². The Hall–Kier alpha value is -3.33. The average molecular weight is 506 g/mol. The van der Waals surface area contributed by atoms with Gasteiger partial charge in [-0.25, -0.2) is 9.89 Å². The number of piperazine rings is 1. The van der Waals surface area contributed by atoms with Crippen molar-refractivity contribution in [2.45, 2.75) is 26.3 Å². The lowest BCUT2D eigenvalue weighted by molar-refractivity contribution is -0.128. The summed E-state index contributed by atoms with van der Waals surface area (Å²) in [5.41, 5.74) is 2.69. The van der Waals surface area contributed by atoms with E-state index in [1.54, 1.807) is 12.0 Å². The van der Waals surface area contributed by atoms with E-state index in [1.807, 2.05) is 53.4 Å². The second-order valence-corrected chi connectivity index (χ2v) is 10.5. The lowest BCUT2D eigenvalue weighted by atomic mass is 10.0. The minimum absolute atomic E-state index is 0.0464. The van der Waals surface area contributed by atoms with Crippen LogP contribution >= 0.6 is 11.8 Å². The molecule has 1 saturated heterocycles. The molecule has 2 aromatic rings. The summed E-state index contributed by atoms with van der Waals surface area (Å²) in [6, 6.07) is 15.3. The van der Waals surface area contributed by atoms with E-state index in [4.69, 9.17) is 14.7 Å². The zero-order valence-electron chi connectivity index (χ0n) is 20.9. The number of anilines is 1. The smallest absolute Gasteiger partial charge is 0.259 e. The highest BCUT2D eigenvalue weighted by atomic mass is 32.2. The Morgan fingerprint density at radius 3 is 2.56 bits per heavy atom. The molecule has 36 heavy (non-hydrogen) atoms. The van der Waals surface area contributed by atoms with Crippen molar-refractivity contribution < 1.29 is 14.3 Å². The van der Waals surface area contributed by atoms with Gasteiger partial charge in [-0.3, -0.25) is 14.6 Å². The maximum absolute atomic E-state index is 13.3. The van der Waals surface area contributed by atoms with Crippen LogP contribution in [0.15, 0.2) is 58.5 Å². The monoisotopic (exact) mass is 505 g/mol. The topological polar surface area (TPSA) is 77.8 Å². The molecule has 5 rings (SSSR count). The van der Waals surface area contributed by atoms with Gasteiger partial charge in [-0.05, 0) is 36.6 Å². The summed E-state index contributed by atoms with van der Waals surface area (Å²) in [5, 5.41) is 0.532. The number of hydrogen-bond donors (Lipinski definition) is 0. The number of ether oxygens (including phenoxy) is 1. The van der Waals surface area contributed by atoms with Gasteiger partial charge in [-0.1, -0.05) is 49.9 Å². The van der Waals surface area contributed by atoms with Crippen LogP contribution in [0.2, 0.25) is 0 Å². The van der Waals surface area contributed by atoms with Crippen LogP contribution in [0.1, 0.15) is 25.8 Å². The van der Waals surface area contributed by atoms with Gasteiger partial charge in [-0.2, -0.15) is 0 Å². The highest BCUT2D eigenvalue weighted by Crippen LogP contribution is 2.35. The predicted octanol–water partition coefficient (Wildman–Crippen LogP) is 3.78. The molecule has 1 unspecified atom stereocenters. The Balaban J connectivity index is 1.25. The van der Waals surface area contributed by atoms with Crippen LogP contribution in [0.3, 0.4) is 0 Å². The van der Waals surface area contributed by atoms with E-state index in [2.05, 4.69) is 18.7 Å². The van der Waals surface area contributed by atoms with Crippen LogP contribution in [0.4, 0.5) is 11.4 Å². The van der Waals surface area contributed by atoms with E-state index in [1.165, 1.54) is 11.8 Å². The van der Waals surface area contributed by atoms with E-state index < -0.39 is 6.04 Å². The van der Waals surface area contributed by atoms with Gasteiger partial charge in [0.05, 0.1) is 24.2 Å². The molecule has 0 N–H and O–H groups in total. The van der Waals surface area contributed by atoms with E-state index in [-0.39, 0.29) is 17.6 Å². The lowest BCUT2D eigenvalue weighted by Gasteiger charge is -2.36. The van der Waals surface area contributed by atoms with Crippen molar-refractivity contribution in [1.82, 2.24) is 9.80 Å². The minimum atomic E-state index is -0.407. The number of para-hydroxylation sites is 3. The van der Waals surface area contributed by atoms with Crippen LogP contribution in [0.25, 0.3) is 0 Å². The third-order valence-corrected chi connectivity index (χ3v) is 7.55. The fourth-order valence-electron chi connectivity index (χ4n) is 4.80. The molecule has 3 aliphatic rings. The molecule has 9 heteroatoms. The van der Waals surface area contributed by atoms with E-state index in [0.29, 0.717) is 36.4 Å². The van der Waals surface area contributed by atoms with Crippen LogP contribution in [0.5, 0.6) is 5.75 Å². The highest BCUT2D eigenvalue weighted by Gasteiger charge is 2.41. The molecule has 0 bridgehead atoms.